The average Bonchev–Trinajstić information content (AvgIpc) is 2.37. The molecule has 0 spiro atoms. The summed E-state index contributed by atoms with van der Waals surface area (Å²) in [6.07, 6.45) is 1.53. The molecule has 18 heavy (non-hydrogen) atoms. The second-order valence-corrected chi connectivity index (χ2v) is 4.06. The summed E-state index contributed by atoms with van der Waals surface area (Å²) in [5.74, 6) is -0.529. The Morgan fingerprint density at radius 3 is 2.83 bits per heavy atom. The Balaban J connectivity index is 2.45. The van der Waals surface area contributed by atoms with Gasteiger partial charge in [0.05, 0.1) is 11.6 Å². The zero-order valence-electron chi connectivity index (χ0n) is 9.23. The Bertz CT molecular complexity index is 688. The van der Waals surface area contributed by atoms with Crippen LogP contribution in [0, 0.1) is 17.1 Å². The molecular weight excluding hydrogens is 255 g/mol. The number of pyridine rings is 1. The van der Waals surface area contributed by atoms with Gasteiger partial charge in [0.15, 0.2) is 0 Å². The third-order valence-corrected chi connectivity index (χ3v) is 2.94. The van der Waals surface area contributed by atoms with Crippen molar-refractivity contribution in [2.45, 2.75) is 6.54 Å². The first kappa shape index (κ1) is 12.3. The minimum Gasteiger partial charge on any atom is -0.310 e. The van der Waals surface area contributed by atoms with Crippen LogP contribution in [0.15, 0.2) is 41.3 Å². The maximum atomic E-state index is 13.3. The van der Waals surface area contributed by atoms with Gasteiger partial charge in [0.2, 0.25) is 0 Å². The van der Waals surface area contributed by atoms with Gasteiger partial charge in [-0.15, -0.1) is 0 Å². The van der Waals surface area contributed by atoms with E-state index in [0.717, 1.165) is 0 Å². The molecule has 2 aromatic rings. The minimum atomic E-state index is -0.529. The summed E-state index contributed by atoms with van der Waals surface area (Å²) < 4.78 is 14.6. The van der Waals surface area contributed by atoms with E-state index in [2.05, 4.69) is 0 Å². The normalized spacial score (nSPS) is 10.1. The number of hydrogen-bond donors (Lipinski definition) is 0. The van der Waals surface area contributed by atoms with Crippen LogP contribution in [0.4, 0.5) is 4.39 Å². The van der Waals surface area contributed by atoms with Crippen LogP contribution >= 0.6 is 11.6 Å². The van der Waals surface area contributed by atoms with Crippen LogP contribution in [0.25, 0.3) is 0 Å². The maximum Gasteiger partial charge on any atom is 0.268 e. The topological polar surface area (TPSA) is 45.8 Å². The number of halogens is 2. The van der Waals surface area contributed by atoms with Gasteiger partial charge < -0.3 is 4.57 Å². The summed E-state index contributed by atoms with van der Waals surface area (Å²) in [6.45, 7) is 0.130. The largest absolute Gasteiger partial charge is 0.310 e. The van der Waals surface area contributed by atoms with Gasteiger partial charge in [-0.3, -0.25) is 4.79 Å². The van der Waals surface area contributed by atoms with Crippen LogP contribution < -0.4 is 5.56 Å². The molecule has 2 rings (SSSR count). The van der Waals surface area contributed by atoms with Crippen molar-refractivity contribution in [1.82, 2.24) is 4.57 Å². The van der Waals surface area contributed by atoms with E-state index in [9.17, 15) is 9.18 Å². The monoisotopic (exact) mass is 262 g/mol. The number of rotatable bonds is 2. The molecule has 0 radical (unpaired) electrons. The van der Waals surface area contributed by atoms with E-state index in [-0.39, 0.29) is 17.1 Å². The molecule has 1 aromatic carbocycles. The highest BCUT2D eigenvalue weighted by atomic mass is 35.5. The van der Waals surface area contributed by atoms with Crippen LogP contribution in [0.5, 0.6) is 0 Å². The summed E-state index contributed by atoms with van der Waals surface area (Å²) in [5, 5.41) is 8.75. The minimum absolute atomic E-state index is 0.00763. The molecule has 0 saturated heterocycles. The lowest BCUT2D eigenvalue weighted by molar-refractivity contribution is 0.623. The summed E-state index contributed by atoms with van der Waals surface area (Å²) in [6, 6.07) is 9.24. The smallest absolute Gasteiger partial charge is 0.268 e. The molecule has 0 unspecified atom stereocenters. The predicted octanol–water partition coefficient (Wildman–Crippen LogP) is 2.56. The molecular formula is C13H8ClFN2O. The highest BCUT2D eigenvalue weighted by Crippen LogP contribution is 2.20. The Morgan fingerprint density at radius 1 is 1.33 bits per heavy atom. The molecule has 0 bridgehead atoms. The maximum absolute atomic E-state index is 13.3. The van der Waals surface area contributed by atoms with Gasteiger partial charge in [-0.2, -0.15) is 5.26 Å². The second-order valence-electron chi connectivity index (χ2n) is 3.68. The standard InChI is InChI=1S/C13H8ClFN2O/c14-12-10(3-1-5-11(12)15)8-17-6-2-4-9(7-16)13(17)18/h1-6H,8H2. The van der Waals surface area contributed by atoms with Crippen LogP contribution in [0.2, 0.25) is 5.02 Å². The molecule has 0 aliphatic rings. The Labute approximate surface area is 108 Å². The molecule has 90 valence electrons. The van der Waals surface area contributed by atoms with Crippen LogP contribution in [0.1, 0.15) is 11.1 Å². The van der Waals surface area contributed by atoms with E-state index in [0.29, 0.717) is 5.56 Å². The fourth-order valence-corrected chi connectivity index (χ4v) is 1.79. The third kappa shape index (κ3) is 2.27. The third-order valence-electron chi connectivity index (χ3n) is 2.51. The lowest BCUT2D eigenvalue weighted by atomic mass is 10.2. The van der Waals surface area contributed by atoms with E-state index in [1.165, 1.54) is 29.0 Å². The summed E-state index contributed by atoms with van der Waals surface area (Å²) in [5.41, 5.74) is 0.124. The molecule has 5 heteroatoms. The van der Waals surface area contributed by atoms with Crippen molar-refractivity contribution >= 4 is 11.6 Å². The van der Waals surface area contributed by atoms with Gasteiger partial charge in [-0.1, -0.05) is 23.7 Å². The summed E-state index contributed by atoms with van der Waals surface area (Å²) in [7, 11) is 0. The van der Waals surface area contributed by atoms with Crippen molar-refractivity contribution in [2.75, 3.05) is 0 Å². The lowest BCUT2D eigenvalue weighted by Gasteiger charge is -2.08. The van der Waals surface area contributed by atoms with E-state index < -0.39 is 11.4 Å². The highest BCUT2D eigenvalue weighted by Gasteiger charge is 2.08. The first-order valence-electron chi connectivity index (χ1n) is 5.16. The van der Waals surface area contributed by atoms with Crippen molar-refractivity contribution in [1.29, 1.82) is 5.26 Å². The van der Waals surface area contributed by atoms with E-state index in [1.54, 1.807) is 12.1 Å². The first-order valence-corrected chi connectivity index (χ1v) is 5.53. The van der Waals surface area contributed by atoms with Gasteiger partial charge in [0.25, 0.3) is 5.56 Å². The van der Waals surface area contributed by atoms with E-state index >= 15 is 0 Å². The number of hydrogen-bond acceptors (Lipinski definition) is 2. The fourth-order valence-electron chi connectivity index (χ4n) is 1.60. The lowest BCUT2D eigenvalue weighted by Crippen LogP contribution is -2.22. The molecule has 1 aromatic heterocycles. The number of benzene rings is 1. The van der Waals surface area contributed by atoms with Crippen molar-refractivity contribution in [3.05, 3.63) is 68.8 Å². The SMILES string of the molecule is N#Cc1cccn(Cc2cccc(F)c2Cl)c1=O. The van der Waals surface area contributed by atoms with E-state index in [4.69, 9.17) is 16.9 Å². The van der Waals surface area contributed by atoms with Crippen molar-refractivity contribution in [3.8, 4) is 6.07 Å². The molecule has 0 aliphatic heterocycles. The highest BCUT2D eigenvalue weighted by molar-refractivity contribution is 6.31. The number of aromatic nitrogens is 1. The molecule has 0 fully saturated rings. The average molecular weight is 263 g/mol. The van der Waals surface area contributed by atoms with Gasteiger partial charge in [-0.25, -0.2) is 4.39 Å². The van der Waals surface area contributed by atoms with Crippen LogP contribution in [0.3, 0.4) is 0 Å². The Hall–Kier alpha value is -2.12. The summed E-state index contributed by atoms with van der Waals surface area (Å²) in [4.78, 5) is 11.8. The molecule has 0 N–H and O–H groups in total. The Morgan fingerprint density at radius 2 is 2.11 bits per heavy atom. The predicted molar refractivity (Wildman–Crippen MR) is 65.9 cm³/mol. The molecule has 0 aliphatic carbocycles. The van der Waals surface area contributed by atoms with Crippen LogP contribution in [-0.4, -0.2) is 4.57 Å². The Kier molecular flexibility index (Phi) is 3.45. The van der Waals surface area contributed by atoms with Gasteiger partial charge in [-0.05, 0) is 23.8 Å². The van der Waals surface area contributed by atoms with Crippen molar-refractivity contribution in [2.24, 2.45) is 0 Å². The zero-order valence-corrected chi connectivity index (χ0v) is 9.99. The van der Waals surface area contributed by atoms with E-state index in [1.807, 2.05) is 6.07 Å². The van der Waals surface area contributed by atoms with Gasteiger partial charge in [0, 0.05) is 6.20 Å². The molecule has 0 saturated carbocycles. The fraction of sp³-hybridized carbons (Fsp3) is 0.0769. The van der Waals surface area contributed by atoms with Crippen molar-refractivity contribution in [3.63, 3.8) is 0 Å². The second kappa shape index (κ2) is 5.03. The molecule has 0 amide bonds. The molecule has 0 atom stereocenters. The van der Waals surface area contributed by atoms with Crippen LogP contribution in [-0.2, 0) is 6.54 Å². The van der Waals surface area contributed by atoms with Gasteiger partial charge in [0.1, 0.15) is 17.4 Å². The number of nitrogens with zero attached hydrogens (tertiary/aromatic N) is 2. The molecule has 1 heterocycles. The summed E-state index contributed by atoms with van der Waals surface area (Å²) >= 11 is 5.81. The number of nitriles is 1. The molecule has 3 nitrogen and oxygen atoms in total. The van der Waals surface area contributed by atoms with Crippen molar-refractivity contribution < 1.29 is 4.39 Å². The first-order chi connectivity index (χ1) is 8.63. The zero-order chi connectivity index (χ0) is 13.1. The quantitative estimate of drug-likeness (QED) is 0.835. The van der Waals surface area contributed by atoms with Gasteiger partial charge >= 0.3 is 0 Å².